The molecular weight excluding hydrogens is 293 g/mol. The van der Waals surface area contributed by atoms with Crippen molar-refractivity contribution < 1.29 is 0 Å². The van der Waals surface area contributed by atoms with Crippen molar-refractivity contribution >= 4 is 66.4 Å². The minimum Gasteiger partial charge on any atom is -0.100 e. The molecule has 0 amide bonds. The Morgan fingerprint density at radius 2 is 1.38 bits per heavy atom. The van der Waals surface area contributed by atoms with E-state index in [9.17, 15) is 0 Å². The van der Waals surface area contributed by atoms with E-state index in [-0.39, 0.29) is 0 Å². The third-order valence-electron chi connectivity index (χ3n) is 1.12. The maximum absolute atomic E-state index is 5.63. The Bertz CT molecular complexity index is 223. The zero-order valence-electron chi connectivity index (χ0n) is 6.18. The maximum Gasteiger partial charge on any atom is 0.132 e. The van der Waals surface area contributed by atoms with E-state index in [1.807, 2.05) is 0 Å². The fourth-order valence-electron chi connectivity index (χ4n) is 0.608. The van der Waals surface area contributed by atoms with Crippen LogP contribution in [-0.4, -0.2) is 0 Å². The van der Waals surface area contributed by atoms with Gasteiger partial charge in [0.2, 0.25) is 0 Å². The largest absolute Gasteiger partial charge is 0.132 e. The average Bonchev–Trinajstić information content (AvgIpc) is 2.06. The van der Waals surface area contributed by atoms with Crippen LogP contribution in [0.15, 0.2) is 24.3 Å². The Labute approximate surface area is 105 Å². The molecule has 0 nitrogen and oxygen atoms in total. The molecular formula is C7H5Cl5S. The first-order valence-electron chi connectivity index (χ1n) is 3.04. The molecule has 0 aliphatic heterocycles. The van der Waals surface area contributed by atoms with Gasteiger partial charge in [-0.25, -0.2) is 0 Å². The van der Waals surface area contributed by atoms with Crippen LogP contribution in [0.25, 0.3) is 0 Å². The number of hydrogen-bond acceptors (Lipinski definition) is 1. The normalized spacial score (nSPS) is 9.38. The average molecular weight is 298 g/mol. The van der Waals surface area contributed by atoms with E-state index in [1.54, 1.807) is 24.3 Å². The smallest absolute Gasteiger partial charge is 0.100 e. The van der Waals surface area contributed by atoms with E-state index in [0.29, 0.717) is 15.2 Å². The van der Waals surface area contributed by atoms with Gasteiger partial charge in [0.1, 0.15) is 4.84 Å². The van der Waals surface area contributed by atoms with Gasteiger partial charge in [0.05, 0.1) is 10.2 Å². The van der Waals surface area contributed by atoms with Crippen LogP contribution in [0.2, 0.25) is 5.02 Å². The molecule has 0 saturated heterocycles. The molecule has 0 saturated carbocycles. The van der Waals surface area contributed by atoms with Crippen molar-refractivity contribution in [2.24, 2.45) is 0 Å². The predicted molar refractivity (Wildman–Crippen MR) is 65.2 cm³/mol. The highest BCUT2D eigenvalue weighted by atomic mass is 36.0. The Kier molecular flexibility index (Phi) is 8.99. The van der Waals surface area contributed by atoms with E-state index in [4.69, 9.17) is 34.8 Å². The van der Waals surface area contributed by atoms with Gasteiger partial charge in [0.25, 0.3) is 0 Å². The van der Waals surface area contributed by atoms with Gasteiger partial charge in [-0.2, -0.15) is 0 Å². The Balaban J connectivity index is 0.000000424. The fraction of sp³-hybridized carbons (Fsp3) is 0.143. The summed E-state index contributed by atoms with van der Waals surface area (Å²) in [4.78, 5) is -0.461. The van der Waals surface area contributed by atoms with Crippen molar-refractivity contribution in [2.75, 3.05) is 0 Å². The summed E-state index contributed by atoms with van der Waals surface area (Å²) in [5.41, 5.74) is 0.868. The molecule has 74 valence electrons. The molecule has 0 atom stereocenters. The van der Waals surface area contributed by atoms with Crippen LogP contribution in [0.4, 0.5) is 0 Å². The van der Waals surface area contributed by atoms with Gasteiger partial charge in [-0.1, -0.05) is 23.7 Å². The molecule has 1 aromatic rings. The topological polar surface area (TPSA) is 0 Å². The third-order valence-corrected chi connectivity index (χ3v) is 1.88. The van der Waals surface area contributed by atoms with Crippen molar-refractivity contribution in [3.05, 3.63) is 34.9 Å². The Morgan fingerprint density at radius 1 is 1.00 bits per heavy atom. The Hall–Kier alpha value is 1.02. The fourth-order valence-corrected chi connectivity index (χ4v) is 1.03. The molecule has 1 rings (SSSR count). The molecule has 0 spiro atoms. The summed E-state index contributed by atoms with van der Waals surface area (Å²) in [6.45, 7) is 0. The molecule has 0 fully saturated rings. The molecule has 6 heteroatoms. The standard InChI is InChI=1S/C7H5Cl3.Cl2S/c8-6-3-1-5(2-4-6)7(9)10;1-3-2/h1-4,7H;. The van der Waals surface area contributed by atoms with Crippen LogP contribution in [0.1, 0.15) is 10.4 Å². The van der Waals surface area contributed by atoms with E-state index in [2.05, 4.69) is 21.4 Å². The minimum absolute atomic E-state index is 0.461. The van der Waals surface area contributed by atoms with Crippen LogP contribution < -0.4 is 0 Å². The number of halogens is 5. The van der Waals surface area contributed by atoms with Crippen molar-refractivity contribution in [2.45, 2.75) is 4.84 Å². The highest BCUT2D eigenvalue weighted by Crippen LogP contribution is 2.25. The van der Waals surface area contributed by atoms with Gasteiger partial charge >= 0.3 is 0 Å². The van der Waals surface area contributed by atoms with Gasteiger partial charge < -0.3 is 0 Å². The van der Waals surface area contributed by atoms with Crippen molar-refractivity contribution in [3.63, 3.8) is 0 Å². The molecule has 13 heavy (non-hydrogen) atoms. The van der Waals surface area contributed by atoms with Gasteiger partial charge in [0.15, 0.2) is 0 Å². The lowest BCUT2D eigenvalue weighted by atomic mass is 10.2. The zero-order chi connectivity index (χ0) is 10.3. The van der Waals surface area contributed by atoms with Crippen LogP contribution in [0.3, 0.4) is 0 Å². The Morgan fingerprint density at radius 3 is 1.69 bits per heavy atom. The molecule has 0 aromatic heterocycles. The van der Waals surface area contributed by atoms with Crippen LogP contribution in [-0.2, 0) is 0 Å². The second kappa shape index (κ2) is 8.34. The number of hydrogen-bond donors (Lipinski definition) is 0. The lowest BCUT2D eigenvalue weighted by molar-refractivity contribution is 1.35. The zero-order valence-corrected chi connectivity index (χ0v) is 10.8. The molecule has 0 aliphatic rings. The van der Waals surface area contributed by atoms with E-state index < -0.39 is 4.84 Å². The summed E-state index contributed by atoms with van der Waals surface area (Å²) in [6, 6.07) is 7.11. The summed E-state index contributed by atoms with van der Waals surface area (Å²) in [6.07, 6.45) is 0. The van der Waals surface area contributed by atoms with Crippen molar-refractivity contribution in [3.8, 4) is 0 Å². The molecule has 0 unspecified atom stereocenters. The van der Waals surface area contributed by atoms with Gasteiger partial charge in [0, 0.05) is 5.02 Å². The lowest BCUT2D eigenvalue weighted by Gasteiger charge is -1.99. The summed E-state index contributed by atoms with van der Waals surface area (Å²) in [5, 5.41) is 0.692. The summed E-state index contributed by atoms with van der Waals surface area (Å²) in [7, 11) is 10.1. The summed E-state index contributed by atoms with van der Waals surface area (Å²) < 4.78 is 0. The number of rotatable bonds is 1. The molecule has 0 N–H and O–H groups in total. The molecule has 0 bridgehead atoms. The van der Waals surface area contributed by atoms with Crippen LogP contribution in [0, 0.1) is 0 Å². The van der Waals surface area contributed by atoms with Crippen molar-refractivity contribution in [1.29, 1.82) is 0 Å². The first-order chi connectivity index (χ1) is 6.11. The minimum atomic E-state index is -0.461. The highest BCUT2D eigenvalue weighted by Gasteiger charge is 2.00. The number of alkyl halides is 2. The van der Waals surface area contributed by atoms with Gasteiger partial charge in [-0.15, -0.1) is 23.2 Å². The van der Waals surface area contributed by atoms with Crippen LogP contribution >= 0.6 is 66.4 Å². The molecule has 1 aromatic carbocycles. The molecule has 0 radical (unpaired) electrons. The summed E-state index contributed by atoms with van der Waals surface area (Å²) >= 11 is 16.8. The van der Waals surface area contributed by atoms with Gasteiger partial charge in [-0.05, 0) is 39.1 Å². The SMILES string of the molecule is ClSCl.Clc1ccc(C(Cl)Cl)cc1. The number of benzene rings is 1. The monoisotopic (exact) mass is 296 g/mol. The van der Waals surface area contributed by atoms with E-state index in [0.717, 1.165) is 5.56 Å². The maximum atomic E-state index is 5.63. The highest BCUT2D eigenvalue weighted by molar-refractivity contribution is 8.38. The quantitative estimate of drug-likeness (QED) is 0.587. The van der Waals surface area contributed by atoms with E-state index >= 15 is 0 Å². The van der Waals surface area contributed by atoms with Crippen molar-refractivity contribution in [1.82, 2.24) is 0 Å². The van der Waals surface area contributed by atoms with Gasteiger partial charge in [-0.3, -0.25) is 0 Å². The van der Waals surface area contributed by atoms with Crippen LogP contribution in [0.5, 0.6) is 0 Å². The summed E-state index contributed by atoms with van der Waals surface area (Å²) in [5.74, 6) is 0. The second-order valence-corrected chi connectivity index (χ2v) is 4.96. The molecule has 0 aliphatic carbocycles. The lowest BCUT2D eigenvalue weighted by Crippen LogP contribution is -1.78. The molecule has 0 heterocycles. The predicted octanol–water partition coefficient (Wildman–Crippen LogP) is 5.84. The second-order valence-electron chi connectivity index (χ2n) is 1.91. The first kappa shape index (κ1) is 14.0. The first-order valence-corrected chi connectivity index (χ1v) is 6.76. The third kappa shape index (κ3) is 7.01. The van der Waals surface area contributed by atoms with E-state index in [1.165, 1.54) is 0 Å².